The molecule has 0 bridgehead atoms. The van der Waals surface area contributed by atoms with E-state index in [9.17, 15) is 18.0 Å². The first-order valence-electron chi connectivity index (χ1n) is 6.24. The molecule has 0 atom stereocenters. The Hall–Kier alpha value is -2.75. The van der Waals surface area contributed by atoms with Crippen molar-refractivity contribution in [1.29, 1.82) is 0 Å². The van der Waals surface area contributed by atoms with Gasteiger partial charge in [-0.05, 0) is 25.1 Å². The third-order valence-corrected chi connectivity index (χ3v) is 2.61. The van der Waals surface area contributed by atoms with E-state index in [1.165, 1.54) is 18.2 Å². The van der Waals surface area contributed by atoms with Crippen molar-refractivity contribution in [2.45, 2.75) is 13.1 Å². The van der Waals surface area contributed by atoms with E-state index in [0.717, 1.165) is 12.1 Å². The number of aromatic nitrogens is 1. The average molecular weight is 308 g/mol. The van der Waals surface area contributed by atoms with E-state index in [2.05, 4.69) is 22.3 Å². The molecule has 0 aliphatic heterocycles. The third-order valence-electron chi connectivity index (χ3n) is 2.61. The van der Waals surface area contributed by atoms with Crippen LogP contribution in [0.5, 0.6) is 0 Å². The maximum absolute atomic E-state index is 12.5. The van der Waals surface area contributed by atoms with Crippen LogP contribution in [0.2, 0.25) is 0 Å². The highest BCUT2D eigenvalue weighted by atomic mass is 19.4. The number of benzene rings is 1. The highest BCUT2D eigenvalue weighted by Crippen LogP contribution is 2.29. The van der Waals surface area contributed by atoms with E-state index in [1.54, 1.807) is 6.92 Å². The number of alkyl halides is 3. The lowest BCUT2D eigenvalue weighted by Gasteiger charge is -2.05. The van der Waals surface area contributed by atoms with E-state index in [-0.39, 0.29) is 17.9 Å². The largest absolute Gasteiger partial charge is 0.416 e. The van der Waals surface area contributed by atoms with Gasteiger partial charge in [0.05, 0.1) is 17.8 Å². The minimum atomic E-state index is -4.41. The lowest BCUT2D eigenvalue weighted by molar-refractivity contribution is -0.137. The Bertz CT molecular complexity index is 739. The number of aryl methyl sites for hydroxylation is 1. The van der Waals surface area contributed by atoms with Crippen LogP contribution in [0.3, 0.4) is 0 Å². The molecule has 114 valence electrons. The molecule has 1 aromatic heterocycles. The van der Waals surface area contributed by atoms with Crippen molar-refractivity contribution in [1.82, 2.24) is 10.5 Å². The van der Waals surface area contributed by atoms with Gasteiger partial charge in [-0.25, -0.2) is 0 Å². The Balaban J connectivity index is 1.96. The monoisotopic (exact) mass is 308 g/mol. The van der Waals surface area contributed by atoms with Gasteiger partial charge in [0.15, 0.2) is 0 Å². The second-order valence-corrected chi connectivity index (χ2v) is 4.40. The van der Waals surface area contributed by atoms with Crippen LogP contribution >= 0.6 is 0 Å². The maximum Gasteiger partial charge on any atom is 0.416 e. The lowest BCUT2D eigenvalue weighted by atomic mass is 10.1. The van der Waals surface area contributed by atoms with E-state index >= 15 is 0 Å². The molecule has 1 N–H and O–H groups in total. The first kappa shape index (κ1) is 15.6. The van der Waals surface area contributed by atoms with E-state index in [1.807, 2.05) is 0 Å². The van der Waals surface area contributed by atoms with E-state index in [4.69, 9.17) is 4.52 Å². The highest BCUT2D eigenvalue weighted by Gasteiger charge is 2.30. The van der Waals surface area contributed by atoms with E-state index in [0.29, 0.717) is 5.69 Å². The molecular weight excluding hydrogens is 297 g/mol. The summed E-state index contributed by atoms with van der Waals surface area (Å²) in [6.07, 6.45) is -4.41. The number of amides is 1. The molecule has 1 aromatic carbocycles. The molecule has 0 unspecified atom stereocenters. The van der Waals surface area contributed by atoms with Gasteiger partial charge in [0.25, 0.3) is 5.91 Å². The quantitative estimate of drug-likeness (QED) is 0.868. The fourth-order valence-electron chi connectivity index (χ4n) is 1.60. The zero-order valence-electron chi connectivity index (χ0n) is 11.5. The Morgan fingerprint density at radius 1 is 1.36 bits per heavy atom. The predicted molar refractivity (Wildman–Crippen MR) is 71.9 cm³/mol. The van der Waals surface area contributed by atoms with Crippen LogP contribution in [0.4, 0.5) is 13.2 Å². The zero-order chi connectivity index (χ0) is 16.2. The summed E-state index contributed by atoms with van der Waals surface area (Å²) in [7, 11) is 0. The van der Waals surface area contributed by atoms with Crippen molar-refractivity contribution in [3.8, 4) is 11.8 Å². The van der Waals surface area contributed by atoms with Crippen molar-refractivity contribution in [3.63, 3.8) is 0 Å². The molecule has 0 radical (unpaired) electrons. The van der Waals surface area contributed by atoms with Crippen molar-refractivity contribution < 1.29 is 22.5 Å². The first-order valence-corrected chi connectivity index (χ1v) is 6.24. The summed E-state index contributed by atoms with van der Waals surface area (Å²) in [5.74, 6) is 4.70. The molecule has 0 fully saturated rings. The van der Waals surface area contributed by atoms with Crippen LogP contribution in [-0.2, 0) is 6.18 Å². The molecule has 0 aliphatic carbocycles. The summed E-state index contributed by atoms with van der Waals surface area (Å²) in [6, 6.07) is 6.13. The van der Waals surface area contributed by atoms with Crippen LogP contribution in [0, 0.1) is 18.8 Å². The number of carbonyl (C=O) groups is 1. The first-order chi connectivity index (χ1) is 10.4. The van der Waals surface area contributed by atoms with Gasteiger partial charge in [-0.3, -0.25) is 4.79 Å². The van der Waals surface area contributed by atoms with Crippen molar-refractivity contribution in [3.05, 3.63) is 52.9 Å². The Morgan fingerprint density at radius 3 is 2.77 bits per heavy atom. The SMILES string of the molecule is Cc1cc(C(=O)NCC#Cc2cccc(C(F)(F)F)c2)on1. The molecule has 0 saturated carbocycles. The predicted octanol–water partition coefficient (Wildman–Crippen LogP) is 2.78. The van der Waals surface area contributed by atoms with Crippen LogP contribution < -0.4 is 5.32 Å². The summed E-state index contributed by atoms with van der Waals surface area (Å²) >= 11 is 0. The van der Waals surface area contributed by atoms with Crippen LogP contribution in [0.1, 0.15) is 27.4 Å². The normalized spacial score (nSPS) is 10.7. The minimum absolute atomic E-state index is 0.0190. The summed E-state index contributed by atoms with van der Waals surface area (Å²) in [6.45, 7) is 1.66. The number of carbonyl (C=O) groups excluding carboxylic acids is 1. The van der Waals surface area contributed by atoms with Crippen molar-refractivity contribution >= 4 is 5.91 Å². The topological polar surface area (TPSA) is 55.1 Å². The molecule has 22 heavy (non-hydrogen) atoms. The fraction of sp³-hybridized carbons (Fsp3) is 0.200. The van der Waals surface area contributed by atoms with Crippen molar-refractivity contribution in [2.75, 3.05) is 6.54 Å². The second kappa shape index (κ2) is 6.35. The van der Waals surface area contributed by atoms with Gasteiger partial charge < -0.3 is 9.84 Å². The Morgan fingerprint density at radius 2 is 2.14 bits per heavy atom. The summed E-state index contributed by atoms with van der Waals surface area (Å²) < 4.78 is 42.4. The molecule has 0 saturated heterocycles. The van der Waals surface area contributed by atoms with Gasteiger partial charge in [0, 0.05) is 11.6 Å². The Kier molecular flexibility index (Phi) is 4.51. The molecule has 7 heteroatoms. The number of nitrogens with zero attached hydrogens (tertiary/aromatic N) is 1. The highest BCUT2D eigenvalue weighted by molar-refractivity contribution is 5.91. The molecule has 0 spiro atoms. The summed E-state index contributed by atoms with van der Waals surface area (Å²) in [4.78, 5) is 11.6. The number of hydrogen-bond donors (Lipinski definition) is 1. The van der Waals surface area contributed by atoms with E-state index < -0.39 is 17.6 Å². The molecule has 4 nitrogen and oxygen atoms in total. The Labute approximate surface area is 124 Å². The number of rotatable bonds is 2. The van der Waals surface area contributed by atoms with Gasteiger partial charge in [-0.2, -0.15) is 13.2 Å². The number of halogens is 3. The van der Waals surface area contributed by atoms with Gasteiger partial charge >= 0.3 is 6.18 Å². The van der Waals surface area contributed by atoms with Gasteiger partial charge in [0.2, 0.25) is 5.76 Å². The smallest absolute Gasteiger partial charge is 0.351 e. The molecule has 2 rings (SSSR count). The van der Waals surface area contributed by atoms with Gasteiger partial charge in [-0.15, -0.1) is 0 Å². The van der Waals surface area contributed by atoms with Crippen LogP contribution in [-0.4, -0.2) is 17.6 Å². The summed E-state index contributed by atoms with van der Waals surface area (Å²) in [5, 5.41) is 6.03. The fourth-order valence-corrected chi connectivity index (χ4v) is 1.60. The molecular formula is C15H11F3N2O2. The van der Waals surface area contributed by atoms with Crippen molar-refractivity contribution in [2.24, 2.45) is 0 Å². The van der Waals surface area contributed by atoms with Crippen LogP contribution in [0.15, 0.2) is 34.9 Å². The molecule has 0 aliphatic rings. The second-order valence-electron chi connectivity index (χ2n) is 4.40. The maximum atomic E-state index is 12.5. The number of hydrogen-bond acceptors (Lipinski definition) is 3. The number of nitrogens with one attached hydrogen (secondary N) is 1. The van der Waals surface area contributed by atoms with Gasteiger partial charge in [-0.1, -0.05) is 23.1 Å². The molecule has 1 amide bonds. The lowest BCUT2D eigenvalue weighted by Crippen LogP contribution is -2.23. The minimum Gasteiger partial charge on any atom is -0.351 e. The zero-order valence-corrected chi connectivity index (χ0v) is 11.5. The van der Waals surface area contributed by atoms with Gasteiger partial charge in [0.1, 0.15) is 0 Å². The van der Waals surface area contributed by atoms with Crippen LogP contribution in [0.25, 0.3) is 0 Å². The molecule has 1 heterocycles. The average Bonchev–Trinajstić information content (AvgIpc) is 2.89. The summed E-state index contributed by atoms with van der Waals surface area (Å²) in [5.41, 5.74) is 0.0280. The standard InChI is InChI=1S/C15H11F3N2O2/c1-10-8-13(22-20-10)14(21)19-7-3-5-11-4-2-6-12(9-11)15(16,17)18/h2,4,6,8-9H,7H2,1H3,(H,19,21). The molecule has 2 aromatic rings. The third kappa shape index (κ3) is 4.12.